The second-order valence-corrected chi connectivity index (χ2v) is 7.85. The zero-order valence-electron chi connectivity index (χ0n) is 12.0. The standard InChI is InChI=1S/C15H22ClNO3S/c16-13-7-4-8-15(10-13)21(19,20)17-14(11-18)9-12-5-2-1-3-6-12/h4,7-8,10,12,14,17-18H,1-3,5-6,9,11H2/t14-/m0/s1. The molecule has 6 heteroatoms. The quantitative estimate of drug-likeness (QED) is 0.842. The third kappa shape index (κ3) is 4.95. The minimum absolute atomic E-state index is 0.136. The van der Waals surface area contributed by atoms with Crippen molar-refractivity contribution in [2.24, 2.45) is 5.92 Å². The second-order valence-electron chi connectivity index (χ2n) is 5.70. The molecule has 0 bridgehead atoms. The van der Waals surface area contributed by atoms with Gasteiger partial charge in [-0.15, -0.1) is 0 Å². The maximum atomic E-state index is 12.3. The number of sulfonamides is 1. The van der Waals surface area contributed by atoms with E-state index in [-0.39, 0.29) is 11.5 Å². The van der Waals surface area contributed by atoms with Crippen molar-refractivity contribution in [2.75, 3.05) is 6.61 Å². The van der Waals surface area contributed by atoms with E-state index in [1.807, 2.05) is 0 Å². The van der Waals surface area contributed by atoms with Crippen LogP contribution in [0.4, 0.5) is 0 Å². The number of hydrogen-bond acceptors (Lipinski definition) is 3. The van der Waals surface area contributed by atoms with Gasteiger partial charge in [-0.2, -0.15) is 0 Å². The Morgan fingerprint density at radius 1 is 1.29 bits per heavy atom. The molecule has 1 atom stereocenters. The summed E-state index contributed by atoms with van der Waals surface area (Å²) in [5.41, 5.74) is 0. The molecule has 1 fully saturated rings. The molecule has 1 aromatic carbocycles. The largest absolute Gasteiger partial charge is 0.395 e. The molecule has 0 amide bonds. The number of aliphatic hydroxyl groups is 1. The summed E-state index contributed by atoms with van der Waals surface area (Å²) in [4.78, 5) is 0.136. The van der Waals surface area contributed by atoms with Gasteiger partial charge in [0.1, 0.15) is 0 Å². The third-order valence-electron chi connectivity index (χ3n) is 3.99. The van der Waals surface area contributed by atoms with Gasteiger partial charge in [0.25, 0.3) is 0 Å². The number of rotatable bonds is 6. The van der Waals surface area contributed by atoms with Crippen LogP contribution >= 0.6 is 11.6 Å². The Bertz CT molecular complexity index is 556. The molecule has 0 aromatic heterocycles. The molecule has 21 heavy (non-hydrogen) atoms. The maximum Gasteiger partial charge on any atom is 0.240 e. The molecule has 0 radical (unpaired) electrons. The molecule has 1 aliphatic carbocycles. The Balaban J connectivity index is 2.02. The van der Waals surface area contributed by atoms with Crippen molar-refractivity contribution in [3.8, 4) is 0 Å². The first-order valence-electron chi connectivity index (χ1n) is 7.40. The minimum Gasteiger partial charge on any atom is -0.395 e. The lowest BCUT2D eigenvalue weighted by atomic mass is 9.85. The predicted octanol–water partition coefficient (Wildman–Crippen LogP) is 2.95. The van der Waals surface area contributed by atoms with Crippen LogP contribution in [-0.2, 0) is 10.0 Å². The van der Waals surface area contributed by atoms with E-state index >= 15 is 0 Å². The van der Waals surface area contributed by atoms with E-state index in [2.05, 4.69) is 4.72 Å². The van der Waals surface area contributed by atoms with Crippen LogP contribution in [0.2, 0.25) is 5.02 Å². The highest BCUT2D eigenvalue weighted by atomic mass is 35.5. The fourth-order valence-electron chi connectivity index (χ4n) is 2.91. The summed E-state index contributed by atoms with van der Waals surface area (Å²) < 4.78 is 27.2. The number of hydrogen-bond donors (Lipinski definition) is 2. The Morgan fingerprint density at radius 2 is 2.00 bits per heavy atom. The zero-order valence-corrected chi connectivity index (χ0v) is 13.5. The topological polar surface area (TPSA) is 66.4 Å². The molecule has 1 aromatic rings. The summed E-state index contributed by atoms with van der Waals surface area (Å²) in [5.74, 6) is 0.498. The first-order valence-corrected chi connectivity index (χ1v) is 9.26. The van der Waals surface area contributed by atoms with Gasteiger partial charge >= 0.3 is 0 Å². The Hall–Kier alpha value is -0.620. The number of benzene rings is 1. The van der Waals surface area contributed by atoms with Gasteiger partial charge in [0.2, 0.25) is 10.0 Å². The van der Waals surface area contributed by atoms with Crippen LogP contribution in [0.5, 0.6) is 0 Å². The van der Waals surface area contributed by atoms with E-state index in [4.69, 9.17) is 11.6 Å². The van der Waals surface area contributed by atoms with E-state index in [0.717, 1.165) is 12.8 Å². The SMILES string of the molecule is O=S(=O)(N[C@H](CO)CC1CCCCC1)c1cccc(Cl)c1. The van der Waals surface area contributed by atoms with Crippen molar-refractivity contribution in [3.05, 3.63) is 29.3 Å². The van der Waals surface area contributed by atoms with Gasteiger partial charge in [0, 0.05) is 11.1 Å². The molecule has 118 valence electrons. The van der Waals surface area contributed by atoms with Crippen LogP contribution in [-0.4, -0.2) is 26.2 Å². The van der Waals surface area contributed by atoms with Crippen molar-refractivity contribution in [1.29, 1.82) is 0 Å². The molecule has 2 rings (SSSR count). The summed E-state index contributed by atoms with van der Waals surface area (Å²) in [5, 5.41) is 9.85. The highest BCUT2D eigenvalue weighted by molar-refractivity contribution is 7.89. The summed E-state index contributed by atoms with van der Waals surface area (Å²) in [6.45, 7) is -0.184. The van der Waals surface area contributed by atoms with Gasteiger partial charge in [-0.3, -0.25) is 0 Å². The number of nitrogens with one attached hydrogen (secondary N) is 1. The molecular weight excluding hydrogens is 310 g/mol. The Morgan fingerprint density at radius 3 is 2.62 bits per heavy atom. The molecule has 1 saturated carbocycles. The number of halogens is 1. The fraction of sp³-hybridized carbons (Fsp3) is 0.600. The van der Waals surface area contributed by atoms with Crippen LogP contribution in [0, 0.1) is 5.92 Å². The molecule has 0 heterocycles. The average Bonchev–Trinajstić information content (AvgIpc) is 2.47. The zero-order chi connectivity index (χ0) is 15.3. The average molecular weight is 332 g/mol. The molecule has 2 N–H and O–H groups in total. The molecular formula is C15H22ClNO3S. The lowest BCUT2D eigenvalue weighted by Gasteiger charge is -2.26. The summed E-state index contributed by atoms with van der Waals surface area (Å²) >= 11 is 5.84. The summed E-state index contributed by atoms with van der Waals surface area (Å²) in [7, 11) is -3.64. The highest BCUT2D eigenvalue weighted by Gasteiger charge is 2.23. The van der Waals surface area contributed by atoms with Crippen LogP contribution in [0.15, 0.2) is 29.2 Å². The van der Waals surface area contributed by atoms with E-state index in [1.165, 1.54) is 31.4 Å². The van der Waals surface area contributed by atoms with Crippen molar-refractivity contribution < 1.29 is 13.5 Å². The highest BCUT2D eigenvalue weighted by Crippen LogP contribution is 2.27. The molecule has 0 spiro atoms. The van der Waals surface area contributed by atoms with Gasteiger partial charge in [-0.05, 0) is 30.5 Å². The van der Waals surface area contributed by atoms with E-state index in [9.17, 15) is 13.5 Å². The molecule has 0 aliphatic heterocycles. The van der Waals surface area contributed by atoms with E-state index in [1.54, 1.807) is 12.1 Å². The van der Waals surface area contributed by atoms with Gasteiger partial charge in [-0.25, -0.2) is 13.1 Å². The first-order chi connectivity index (χ1) is 10.0. The predicted molar refractivity (Wildman–Crippen MR) is 83.8 cm³/mol. The molecule has 0 saturated heterocycles. The van der Waals surface area contributed by atoms with Crippen molar-refractivity contribution in [3.63, 3.8) is 0 Å². The lowest BCUT2D eigenvalue weighted by Crippen LogP contribution is -2.39. The minimum atomic E-state index is -3.64. The van der Waals surface area contributed by atoms with Gasteiger partial charge < -0.3 is 5.11 Å². The van der Waals surface area contributed by atoms with Crippen LogP contribution in [0.25, 0.3) is 0 Å². The monoisotopic (exact) mass is 331 g/mol. The molecule has 1 aliphatic rings. The Kier molecular flexibility index (Phi) is 6.05. The van der Waals surface area contributed by atoms with E-state index in [0.29, 0.717) is 17.4 Å². The van der Waals surface area contributed by atoms with Gasteiger partial charge in [-0.1, -0.05) is 49.8 Å². The van der Waals surface area contributed by atoms with Gasteiger partial charge in [0.15, 0.2) is 0 Å². The molecule has 0 unspecified atom stereocenters. The smallest absolute Gasteiger partial charge is 0.240 e. The fourth-order valence-corrected chi connectivity index (χ4v) is 4.45. The summed E-state index contributed by atoms with van der Waals surface area (Å²) in [6.07, 6.45) is 6.59. The lowest BCUT2D eigenvalue weighted by molar-refractivity contribution is 0.218. The second kappa shape index (κ2) is 7.58. The maximum absolute atomic E-state index is 12.3. The summed E-state index contributed by atoms with van der Waals surface area (Å²) in [6, 6.07) is 5.72. The van der Waals surface area contributed by atoms with Crippen LogP contribution in [0.3, 0.4) is 0 Å². The molecule has 4 nitrogen and oxygen atoms in total. The van der Waals surface area contributed by atoms with E-state index < -0.39 is 16.1 Å². The van der Waals surface area contributed by atoms with Crippen molar-refractivity contribution >= 4 is 21.6 Å². The van der Waals surface area contributed by atoms with Gasteiger partial charge in [0.05, 0.1) is 11.5 Å². The normalized spacial score (nSPS) is 18.6. The van der Waals surface area contributed by atoms with Crippen molar-refractivity contribution in [2.45, 2.75) is 49.5 Å². The third-order valence-corrected chi connectivity index (χ3v) is 5.74. The number of aliphatic hydroxyl groups excluding tert-OH is 1. The first kappa shape index (κ1) is 16.7. The van der Waals surface area contributed by atoms with Crippen molar-refractivity contribution in [1.82, 2.24) is 4.72 Å². The Labute approximate surface area is 131 Å². The van der Waals surface area contributed by atoms with Crippen LogP contribution < -0.4 is 4.72 Å². The van der Waals surface area contributed by atoms with Crippen LogP contribution in [0.1, 0.15) is 38.5 Å².